The van der Waals surface area contributed by atoms with Gasteiger partial charge in [0.05, 0.1) is 17.4 Å². The number of carboxylic acids is 1. The van der Waals surface area contributed by atoms with Crippen molar-refractivity contribution in [2.24, 2.45) is 0 Å². The molecule has 3 rings (SSSR count). The van der Waals surface area contributed by atoms with Gasteiger partial charge in [-0.3, -0.25) is 14.6 Å². The lowest BCUT2D eigenvalue weighted by Gasteiger charge is -2.15. The van der Waals surface area contributed by atoms with Crippen molar-refractivity contribution in [3.63, 3.8) is 0 Å². The molecule has 9 heteroatoms. The van der Waals surface area contributed by atoms with Gasteiger partial charge in [0.25, 0.3) is 11.7 Å². The lowest BCUT2D eigenvalue weighted by atomic mass is 10.0. The summed E-state index contributed by atoms with van der Waals surface area (Å²) in [7, 11) is 0. The number of aliphatic carboxylic acids is 1. The zero-order valence-electron chi connectivity index (χ0n) is 13.9. The van der Waals surface area contributed by atoms with E-state index in [0.717, 1.165) is 17.3 Å². The molecule has 2 heterocycles. The van der Waals surface area contributed by atoms with Gasteiger partial charge in [-0.1, -0.05) is 36.4 Å². The number of rotatable bonds is 7. The Morgan fingerprint density at radius 3 is 2.44 bits per heavy atom. The maximum atomic E-state index is 12.6. The molecule has 0 saturated carbocycles. The fourth-order valence-electron chi connectivity index (χ4n) is 2.44. The normalized spacial score (nSPS) is 11.6. The SMILES string of the molecule is O=C(O)C(=O)C(Cc1ccccc1)NC(=O)c1nsnc1-c1ccccn1. The van der Waals surface area contributed by atoms with Crippen LogP contribution in [0.3, 0.4) is 0 Å². The van der Waals surface area contributed by atoms with Crippen molar-refractivity contribution in [2.75, 3.05) is 0 Å². The second-order valence-electron chi connectivity index (χ2n) is 5.56. The van der Waals surface area contributed by atoms with E-state index in [1.54, 1.807) is 54.7 Å². The fraction of sp³-hybridized carbons (Fsp3) is 0.111. The zero-order valence-corrected chi connectivity index (χ0v) is 14.7. The molecule has 1 aromatic carbocycles. The third-order valence-corrected chi connectivity index (χ3v) is 4.25. The van der Waals surface area contributed by atoms with Gasteiger partial charge in [-0.05, 0) is 17.7 Å². The molecule has 1 unspecified atom stereocenters. The molecule has 0 fully saturated rings. The van der Waals surface area contributed by atoms with Gasteiger partial charge in [0.15, 0.2) is 5.69 Å². The first kappa shape index (κ1) is 18.3. The Bertz CT molecular complexity index is 960. The van der Waals surface area contributed by atoms with Crippen molar-refractivity contribution in [3.05, 3.63) is 66.0 Å². The number of carbonyl (C=O) groups is 3. The monoisotopic (exact) mass is 382 g/mol. The molecule has 8 nitrogen and oxygen atoms in total. The number of ketones is 1. The second kappa shape index (κ2) is 8.28. The number of carboxylic acid groups (broad SMARTS) is 1. The molecule has 0 bridgehead atoms. The third-order valence-electron chi connectivity index (χ3n) is 3.73. The van der Waals surface area contributed by atoms with Crippen LogP contribution in [0.25, 0.3) is 11.4 Å². The number of benzene rings is 1. The Morgan fingerprint density at radius 2 is 1.78 bits per heavy atom. The highest BCUT2D eigenvalue weighted by Gasteiger charge is 2.29. The molecule has 0 spiro atoms. The quantitative estimate of drug-likeness (QED) is 0.595. The van der Waals surface area contributed by atoms with Crippen LogP contribution in [0.4, 0.5) is 0 Å². The predicted molar refractivity (Wildman–Crippen MR) is 97.2 cm³/mol. The Kier molecular flexibility index (Phi) is 5.62. The van der Waals surface area contributed by atoms with Crippen molar-refractivity contribution in [3.8, 4) is 11.4 Å². The molecule has 3 aromatic rings. The molecular formula is C18H14N4O4S. The number of carbonyl (C=O) groups excluding carboxylic acids is 2. The molecule has 1 amide bonds. The van der Waals surface area contributed by atoms with E-state index in [-0.39, 0.29) is 17.8 Å². The molecule has 0 radical (unpaired) electrons. The van der Waals surface area contributed by atoms with E-state index in [1.165, 1.54) is 0 Å². The van der Waals surface area contributed by atoms with E-state index in [0.29, 0.717) is 5.69 Å². The van der Waals surface area contributed by atoms with Crippen molar-refractivity contribution >= 4 is 29.4 Å². The largest absolute Gasteiger partial charge is 0.475 e. The highest BCUT2D eigenvalue weighted by molar-refractivity contribution is 6.99. The van der Waals surface area contributed by atoms with Crippen LogP contribution in [0.5, 0.6) is 0 Å². The number of amides is 1. The van der Waals surface area contributed by atoms with E-state index in [4.69, 9.17) is 5.11 Å². The van der Waals surface area contributed by atoms with Gasteiger partial charge in [-0.25, -0.2) is 4.79 Å². The summed E-state index contributed by atoms with van der Waals surface area (Å²) in [5, 5.41) is 11.5. The Morgan fingerprint density at radius 1 is 1.04 bits per heavy atom. The van der Waals surface area contributed by atoms with Gasteiger partial charge in [-0.2, -0.15) is 8.75 Å². The molecule has 136 valence electrons. The van der Waals surface area contributed by atoms with Crippen LogP contribution in [0.15, 0.2) is 54.7 Å². The number of pyridine rings is 1. The summed E-state index contributed by atoms with van der Waals surface area (Å²) in [6, 6.07) is 12.8. The smallest absolute Gasteiger partial charge is 0.374 e. The summed E-state index contributed by atoms with van der Waals surface area (Å²) >= 11 is 0.833. The molecule has 0 aliphatic rings. The first-order chi connectivity index (χ1) is 13.1. The molecule has 1 atom stereocenters. The van der Waals surface area contributed by atoms with E-state index >= 15 is 0 Å². The van der Waals surface area contributed by atoms with Crippen LogP contribution < -0.4 is 5.32 Å². The van der Waals surface area contributed by atoms with Crippen LogP contribution >= 0.6 is 11.7 Å². The number of Topliss-reactive ketones (excluding diaryl/α,β-unsaturated/α-hetero) is 1. The standard InChI is InChI=1S/C18H14N4O4S/c23-16(18(25)26)13(10-11-6-2-1-3-7-11)20-17(24)15-14(21-27-22-15)12-8-4-5-9-19-12/h1-9,13H,10H2,(H,20,24)(H,25,26). The maximum absolute atomic E-state index is 12.6. The van der Waals surface area contributed by atoms with Crippen LogP contribution in [0.2, 0.25) is 0 Å². The summed E-state index contributed by atoms with van der Waals surface area (Å²) in [6.07, 6.45) is 1.61. The highest BCUT2D eigenvalue weighted by Crippen LogP contribution is 2.19. The minimum Gasteiger partial charge on any atom is -0.475 e. The average molecular weight is 382 g/mol. The molecular weight excluding hydrogens is 368 g/mol. The van der Waals surface area contributed by atoms with Crippen molar-refractivity contribution < 1.29 is 19.5 Å². The van der Waals surface area contributed by atoms with Gasteiger partial charge in [-0.15, -0.1) is 0 Å². The van der Waals surface area contributed by atoms with E-state index < -0.39 is 23.7 Å². The molecule has 0 saturated heterocycles. The third kappa shape index (κ3) is 4.39. The summed E-state index contributed by atoms with van der Waals surface area (Å²) in [6.45, 7) is 0. The lowest BCUT2D eigenvalue weighted by Crippen LogP contribution is -2.45. The minimum atomic E-state index is -1.61. The van der Waals surface area contributed by atoms with Gasteiger partial charge in [0.1, 0.15) is 11.7 Å². The summed E-state index contributed by atoms with van der Waals surface area (Å²) < 4.78 is 8.06. The fourth-order valence-corrected chi connectivity index (χ4v) is 3.00. The van der Waals surface area contributed by atoms with Gasteiger partial charge in [0, 0.05) is 12.6 Å². The van der Waals surface area contributed by atoms with Gasteiger partial charge >= 0.3 is 5.97 Å². The summed E-state index contributed by atoms with van der Waals surface area (Å²) in [4.78, 5) is 40.0. The first-order valence-corrected chi connectivity index (χ1v) is 8.65. The number of nitrogens with zero attached hydrogens (tertiary/aromatic N) is 3. The minimum absolute atomic E-state index is 0.00468. The molecule has 2 aromatic heterocycles. The van der Waals surface area contributed by atoms with Gasteiger partial charge < -0.3 is 10.4 Å². The number of hydrogen-bond donors (Lipinski definition) is 2. The second-order valence-corrected chi connectivity index (χ2v) is 6.09. The van der Waals surface area contributed by atoms with Crippen molar-refractivity contribution in [1.82, 2.24) is 19.0 Å². The van der Waals surface area contributed by atoms with Crippen LogP contribution in [0, 0.1) is 0 Å². The van der Waals surface area contributed by atoms with Gasteiger partial charge in [0.2, 0.25) is 0 Å². The van der Waals surface area contributed by atoms with Crippen molar-refractivity contribution in [1.29, 1.82) is 0 Å². The van der Waals surface area contributed by atoms with Crippen LogP contribution in [0.1, 0.15) is 16.1 Å². The number of nitrogens with one attached hydrogen (secondary N) is 1. The lowest BCUT2D eigenvalue weighted by molar-refractivity contribution is -0.149. The van der Waals surface area contributed by atoms with E-state index in [2.05, 4.69) is 19.0 Å². The number of hydrogen-bond acceptors (Lipinski definition) is 7. The predicted octanol–water partition coefficient (Wildman–Crippen LogP) is 1.59. The number of aromatic nitrogens is 3. The molecule has 2 N–H and O–H groups in total. The molecule has 27 heavy (non-hydrogen) atoms. The first-order valence-electron chi connectivity index (χ1n) is 7.92. The van der Waals surface area contributed by atoms with Crippen LogP contribution in [-0.4, -0.2) is 42.5 Å². The molecule has 0 aliphatic heterocycles. The Labute approximate surface area is 158 Å². The summed E-state index contributed by atoms with van der Waals surface area (Å²) in [5.74, 6) is -3.40. The zero-order chi connectivity index (χ0) is 19.2. The van der Waals surface area contributed by atoms with Crippen LogP contribution in [-0.2, 0) is 16.0 Å². The molecule has 0 aliphatic carbocycles. The Balaban J connectivity index is 1.84. The maximum Gasteiger partial charge on any atom is 0.374 e. The van der Waals surface area contributed by atoms with E-state index in [1.807, 2.05) is 0 Å². The van der Waals surface area contributed by atoms with Crippen molar-refractivity contribution in [2.45, 2.75) is 12.5 Å². The topological polar surface area (TPSA) is 122 Å². The summed E-state index contributed by atoms with van der Waals surface area (Å²) in [5.41, 5.74) is 1.45. The highest BCUT2D eigenvalue weighted by atomic mass is 32.1. The Hall–Kier alpha value is -3.46. The average Bonchev–Trinajstić information content (AvgIpc) is 3.18. The van der Waals surface area contributed by atoms with E-state index in [9.17, 15) is 14.4 Å².